The lowest BCUT2D eigenvalue weighted by Crippen LogP contribution is -2.74. The normalized spacial score (nSPS) is 16.2. The van der Waals surface area contributed by atoms with E-state index in [0.29, 0.717) is 0 Å². The molecule has 0 aliphatic carbocycles. The van der Waals surface area contributed by atoms with E-state index in [1.54, 1.807) is 0 Å². The quantitative estimate of drug-likeness (QED) is 0.260. The summed E-state index contributed by atoms with van der Waals surface area (Å²) in [6.45, 7) is 0. The number of nitrogens with zero attached hydrogens (tertiary/aromatic N) is 1. The largest absolute Gasteiger partial charge is 0.460 e. The first-order chi connectivity index (χ1) is 14.0. The molecule has 0 aliphatic rings. The van der Waals surface area contributed by atoms with E-state index in [9.17, 15) is 83.1 Å². The zero-order valence-corrected chi connectivity index (χ0v) is 17.4. The summed E-state index contributed by atoms with van der Waals surface area (Å²) < 4.78 is 243. The second-order valence-electron chi connectivity index (χ2n) is 7.62. The van der Waals surface area contributed by atoms with E-state index in [2.05, 4.69) is 28.2 Å². The Labute approximate surface area is 178 Å². The third-order valence-corrected chi connectivity index (χ3v) is 3.92. The van der Waals surface area contributed by atoms with E-state index in [1.807, 2.05) is 0 Å². The van der Waals surface area contributed by atoms with Crippen molar-refractivity contribution in [3.05, 3.63) is 0 Å². The Morgan fingerprint density at radius 1 is 0.471 bits per heavy atom. The highest BCUT2D eigenvalue weighted by Gasteiger charge is 2.96. The standard InChI is InChI=1S/C8HF17O3S.C4H12N/c9-1(10,3(13,14)5(17,18)7(21,22)23)2(11,12)4(15,16)6(19,20)8(24,25)29(26,27)28;1-5(2,3)4/h(H,26,27,28);1-4H3/q;+1. The van der Waals surface area contributed by atoms with Crippen LogP contribution in [0.3, 0.4) is 0 Å². The van der Waals surface area contributed by atoms with Gasteiger partial charge >= 0.3 is 57.1 Å². The van der Waals surface area contributed by atoms with E-state index in [-0.39, 0.29) is 0 Å². The van der Waals surface area contributed by atoms with Gasteiger partial charge in [-0.2, -0.15) is 83.1 Å². The Kier molecular flexibility index (Phi) is 8.88. The molecule has 0 spiro atoms. The summed E-state index contributed by atoms with van der Waals surface area (Å²) in [7, 11) is 0.607. The first kappa shape index (κ1) is 34.8. The molecule has 34 heavy (non-hydrogen) atoms. The minimum Gasteiger partial charge on any atom is -0.333 e. The maximum absolute atomic E-state index is 13.0. The van der Waals surface area contributed by atoms with E-state index >= 15 is 0 Å². The molecule has 0 saturated heterocycles. The fourth-order valence-corrected chi connectivity index (χ4v) is 1.76. The van der Waals surface area contributed by atoms with Crippen molar-refractivity contribution in [2.75, 3.05) is 28.2 Å². The molecule has 0 unspecified atom stereocenters. The Morgan fingerprint density at radius 3 is 0.824 bits per heavy atom. The van der Waals surface area contributed by atoms with Gasteiger partial charge in [0.1, 0.15) is 0 Å². The molecule has 0 amide bonds. The van der Waals surface area contributed by atoms with Gasteiger partial charge in [-0.3, -0.25) is 4.55 Å². The van der Waals surface area contributed by atoms with Crippen LogP contribution in [0.5, 0.6) is 0 Å². The summed E-state index contributed by atoms with van der Waals surface area (Å²) >= 11 is 0. The summed E-state index contributed by atoms with van der Waals surface area (Å²) in [5.74, 6) is -52.0. The van der Waals surface area contributed by atoms with E-state index in [1.165, 1.54) is 0 Å². The highest BCUT2D eigenvalue weighted by atomic mass is 32.2. The topological polar surface area (TPSA) is 54.4 Å². The van der Waals surface area contributed by atoms with Crippen LogP contribution in [0.1, 0.15) is 0 Å². The molecule has 0 rings (SSSR count). The van der Waals surface area contributed by atoms with Gasteiger partial charge in [-0.25, -0.2) is 0 Å². The number of quaternary nitrogens is 1. The maximum Gasteiger partial charge on any atom is 0.460 e. The second kappa shape index (κ2) is 8.66. The average molecular weight is 574 g/mol. The lowest BCUT2D eigenvalue weighted by molar-refractivity contribution is -0.849. The number of alkyl halides is 17. The van der Waals surface area contributed by atoms with Gasteiger partial charge in [0.2, 0.25) is 0 Å². The second-order valence-corrected chi connectivity index (χ2v) is 9.08. The molecule has 0 aliphatic heterocycles. The zero-order valence-electron chi connectivity index (χ0n) is 16.5. The lowest BCUT2D eigenvalue weighted by atomic mass is 9.91. The maximum atomic E-state index is 13.0. The molecule has 0 radical (unpaired) electrons. The van der Waals surface area contributed by atoms with Crippen molar-refractivity contribution in [3.63, 3.8) is 0 Å². The van der Waals surface area contributed by atoms with Crippen LogP contribution in [0.25, 0.3) is 0 Å². The van der Waals surface area contributed by atoms with Gasteiger partial charge in [0.25, 0.3) is 0 Å². The van der Waals surface area contributed by atoms with Crippen molar-refractivity contribution in [3.8, 4) is 0 Å². The molecule has 0 atom stereocenters. The van der Waals surface area contributed by atoms with E-state index < -0.39 is 57.1 Å². The number of rotatable bonds is 7. The summed E-state index contributed by atoms with van der Waals surface area (Å²) in [4.78, 5) is 0. The van der Waals surface area contributed by atoms with Crippen LogP contribution >= 0.6 is 0 Å². The number of hydrogen-bond donors (Lipinski definition) is 1. The summed E-state index contributed by atoms with van der Waals surface area (Å²) in [6, 6.07) is 0. The van der Waals surface area contributed by atoms with Crippen molar-refractivity contribution in [2.24, 2.45) is 0 Å². The first-order valence-corrected chi connectivity index (χ1v) is 8.91. The van der Waals surface area contributed by atoms with Crippen LogP contribution in [-0.2, 0) is 10.1 Å². The van der Waals surface area contributed by atoms with Gasteiger partial charge in [-0.1, -0.05) is 0 Å². The molecular weight excluding hydrogens is 561 g/mol. The molecule has 1 N–H and O–H groups in total. The van der Waals surface area contributed by atoms with Crippen LogP contribution < -0.4 is 0 Å². The molecule has 208 valence electrons. The molecule has 0 aromatic rings. The Bertz CT molecular complexity index is 820. The Balaban J connectivity index is 0. The fourth-order valence-electron chi connectivity index (χ4n) is 1.31. The summed E-state index contributed by atoms with van der Waals surface area (Å²) in [5.41, 5.74) is 0. The van der Waals surface area contributed by atoms with Crippen molar-refractivity contribution in [2.45, 2.75) is 47.0 Å². The molecule has 0 saturated carbocycles. The molecule has 22 heteroatoms. The molecule has 0 bridgehead atoms. The number of hydrogen-bond acceptors (Lipinski definition) is 2. The van der Waals surface area contributed by atoms with Crippen molar-refractivity contribution in [1.82, 2.24) is 0 Å². The van der Waals surface area contributed by atoms with Gasteiger partial charge in [-0.05, 0) is 0 Å². The van der Waals surface area contributed by atoms with Gasteiger partial charge in [0, 0.05) is 0 Å². The van der Waals surface area contributed by atoms with Gasteiger partial charge in [0.05, 0.1) is 28.2 Å². The van der Waals surface area contributed by atoms with Crippen molar-refractivity contribution in [1.29, 1.82) is 0 Å². The predicted molar refractivity (Wildman–Crippen MR) is 76.2 cm³/mol. The highest BCUT2D eigenvalue weighted by molar-refractivity contribution is 7.87. The highest BCUT2D eigenvalue weighted by Crippen LogP contribution is 2.64. The SMILES string of the molecule is C[N+](C)(C)C.O=S(=O)(O)C(F)(F)C(F)(F)C(F)(F)C(F)(F)C(F)(F)C(F)(F)C(F)(F)C(F)(F)F. The van der Waals surface area contributed by atoms with Crippen LogP contribution in [0.4, 0.5) is 74.6 Å². The Morgan fingerprint density at radius 2 is 0.647 bits per heavy atom. The third-order valence-electron chi connectivity index (χ3n) is 3.02. The first-order valence-electron chi connectivity index (χ1n) is 7.47. The summed E-state index contributed by atoms with van der Waals surface area (Å²) in [6.07, 6.45) is -7.88. The van der Waals surface area contributed by atoms with Gasteiger partial charge < -0.3 is 4.48 Å². The van der Waals surface area contributed by atoms with Crippen LogP contribution in [0.2, 0.25) is 0 Å². The number of halogens is 17. The van der Waals surface area contributed by atoms with E-state index in [0.717, 1.165) is 4.48 Å². The molecule has 0 aromatic heterocycles. The molecular formula is C12H13F17NO3S+. The van der Waals surface area contributed by atoms with Crippen LogP contribution in [0, 0.1) is 0 Å². The molecule has 0 aromatic carbocycles. The lowest BCUT2D eigenvalue weighted by Gasteiger charge is -2.42. The average Bonchev–Trinajstić information content (AvgIpc) is 2.49. The zero-order chi connectivity index (χ0) is 29.0. The smallest absolute Gasteiger partial charge is 0.333 e. The minimum absolute atomic E-state index is 1.00. The van der Waals surface area contributed by atoms with Crippen LogP contribution in [0.15, 0.2) is 0 Å². The summed E-state index contributed by atoms with van der Waals surface area (Å²) in [5, 5.41) is -7.84. The van der Waals surface area contributed by atoms with Crippen molar-refractivity contribution < 1.29 is 92.1 Å². The van der Waals surface area contributed by atoms with E-state index in [4.69, 9.17) is 4.55 Å². The molecule has 0 fully saturated rings. The van der Waals surface area contributed by atoms with Gasteiger partial charge in [-0.15, -0.1) is 0 Å². The predicted octanol–water partition coefficient (Wildman–Crippen LogP) is 5.16. The third kappa shape index (κ3) is 5.41. The minimum atomic E-state index is -8.89. The van der Waals surface area contributed by atoms with Crippen LogP contribution in [-0.4, -0.2) is 92.6 Å². The Hall–Kier alpha value is -1.32. The fraction of sp³-hybridized carbons (Fsp3) is 1.00. The van der Waals surface area contributed by atoms with Crippen molar-refractivity contribution >= 4 is 10.1 Å². The monoisotopic (exact) mass is 574 g/mol. The molecule has 4 nitrogen and oxygen atoms in total. The molecule has 0 heterocycles. The van der Waals surface area contributed by atoms with Gasteiger partial charge in [0.15, 0.2) is 0 Å².